The summed E-state index contributed by atoms with van der Waals surface area (Å²) in [6.07, 6.45) is 3.00. The molecule has 0 spiro atoms. The summed E-state index contributed by atoms with van der Waals surface area (Å²) in [5, 5.41) is 6.89. The van der Waals surface area contributed by atoms with E-state index in [0.29, 0.717) is 24.3 Å². The number of amides is 2. The Bertz CT molecular complexity index is 1050. The van der Waals surface area contributed by atoms with Crippen LogP contribution < -0.4 is 15.9 Å². The fraction of sp³-hybridized carbons (Fsp3) is 0.222. The van der Waals surface area contributed by atoms with Crippen molar-refractivity contribution >= 4 is 28.8 Å². The van der Waals surface area contributed by atoms with Crippen molar-refractivity contribution in [1.29, 1.82) is 0 Å². The molecule has 1 aliphatic rings. The van der Waals surface area contributed by atoms with E-state index in [-0.39, 0.29) is 24.0 Å². The molecule has 1 aromatic carbocycles. The number of hydrogen-bond donors (Lipinski definition) is 1. The molecule has 1 saturated heterocycles. The lowest BCUT2D eigenvalue weighted by atomic mass is 10.2. The first-order valence-corrected chi connectivity index (χ1v) is 8.36. The molecule has 132 valence electrons. The molecule has 0 unspecified atom stereocenters. The predicted molar refractivity (Wildman–Crippen MR) is 96.1 cm³/mol. The van der Waals surface area contributed by atoms with Gasteiger partial charge in [0.15, 0.2) is 5.65 Å². The van der Waals surface area contributed by atoms with E-state index in [1.807, 2.05) is 6.07 Å². The van der Waals surface area contributed by atoms with E-state index in [1.165, 1.54) is 4.40 Å². The van der Waals surface area contributed by atoms with Crippen LogP contribution in [0.25, 0.3) is 5.65 Å². The van der Waals surface area contributed by atoms with Gasteiger partial charge in [0.1, 0.15) is 6.54 Å². The molecule has 1 aliphatic heterocycles. The number of anilines is 2. The second-order valence-electron chi connectivity index (χ2n) is 6.12. The smallest absolute Gasteiger partial charge is 0.324 e. The third kappa shape index (κ3) is 2.97. The van der Waals surface area contributed by atoms with E-state index in [9.17, 15) is 14.4 Å². The summed E-state index contributed by atoms with van der Waals surface area (Å²) < 4.78 is 2.51. The SMILES string of the molecule is O=C(Cn1nc2ccccn2c1=O)Nc1cccc(N2CCCC2=O)c1. The first-order valence-electron chi connectivity index (χ1n) is 8.36. The minimum Gasteiger partial charge on any atom is -0.324 e. The molecule has 3 aromatic rings. The van der Waals surface area contributed by atoms with Crippen LogP contribution in [0, 0.1) is 0 Å². The van der Waals surface area contributed by atoms with Gasteiger partial charge in [-0.05, 0) is 36.8 Å². The van der Waals surface area contributed by atoms with Crippen molar-refractivity contribution in [2.45, 2.75) is 19.4 Å². The molecule has 1 N–H and O–H groups in total. The van der Waals surface area contributed by atoms with E-state index < -0.39 is 0 Å². The van der Waals surface area contributed by atoms with Crippen LogP contribution in [-0.2, 0) is 16.1 Å². The molecular weight excluding hydrogens is 334 g/mol. The topological polar surface area (TPSA) is 88.7 Å². The van der Waals surface area contributed by atoms with Gasteiger partial charge in [-0.25, -0.2) is 9.48 Å². The number of aromatic nitrogens is 3. The van der Waals surface area contributed by atoms with Gasteiger partial charge in [0.2, 0.25) is 11.8 Å². The molecule has 0 radical (unpaired) electrons. The Morgan fingerprint density at radius 2 is 2.04 bits per heavy atom. The number of nitrogens with zero attached hydrogens (tertiary/aromatic N) is 4. The van der Waals surface area contributed by atoms with Gasteiger partial charge in [0, 0.05) is 30.5 Å². The van der Waals surface area contributed by atoms with Crippen LogP contribution in [0.15, 0.2) is 53.5 Å². The van der Waals surface area contributed by atoms with Crippen molar-refractivity contribution in [3.05, 3.63) is 59.1 Å². The summed E-state index contributed by atoms with van der Waals surface area (Å²) in [4.78, 5) is 38.1. The van der Waals surface area contributed by atoms with E-state index in [4.69, 9.17) is 0 Å². The Morgan fingerprint density at radius 3 is 2.81 bits per heavy atom. The Labute approximate surface area is 148 Å². The largest absolute Gasteiger partial charge is 0.350 e. The fourth-order valence-corrected chi connectivity index (χ4v) is 3.08. The van der Waals surface area contributed by atoms with E-state index in [0.717, 1.165) is 16.8 Å². The van der Waals surface area contributed by atoms with Crippen molar-refractivity contribution in [1.82, 2.24) is 14.2 Å². The molecule has 0 aliphatic carbocycles. The van der Waals surface area contributed by atoms with Gasteiger partial charge in [0.25, 0.3) is 0 Å². The average molecular weight is 351 g/mol. The quantitative estimate of drug-likeness (QED) is 0.766. The summed E-state index contributed by atoms with van der Waals surface area (Å²) in [5.74, 6) is -0.273. The lowest BCUT2D eigenvalue weighted by Crippen LogP contribution is -2.28. The standard InChI is InChI=1S/C18H17N5O3/c24-16(12-23-18(26)22-9-2-1-7-15(22)20-23)19-13-5-3-6-14(11-13)21-10-4-8-17(21)25/h1-3,5-7,9,11H,4,8,10,12H2,(H,19,24). The molecule has 2 amide bonds. The highest BCUT2D eigenvalue weighted by Gasteiger charge is 2.21. The maximum absolute atomic E-state index is 12.3. The minimum absolute atomic E-state index is 0.0877. The van der Waals surface area contributed by atoms with Crippen molar-refractivity contribution in [2.24, 2.45) is 0 Å². The molecule has 26 heavy (non-hydrogen) atoms. The molecule has 8 nitrogen and oxygen atoms in total. The third-order valence-electron chi connectivity index (χ3n) is 4.30. The number of carbonyl (C=O) groups is 2. The lowest BCUT2D eigenvalue weighted by Gasteiger charge is -2.16. The maximum Gasteiger partial charge on any atom is 0.350 e. The van der Waals surface area contributed by atoms with Crippen LogP contribution in [0.3, 0.4) is 0 Å². The zero-order valence-electron chi connectivity index (χ0n) is 14.0. The first kappa shape index (κ1) is 16.1. The van der Waals surface area contributed by atoms with Crippen LogP contribution in [0.4, 0.5) is 11.4 Å². The van der Waals surface area contributed by atoms with Gasteiger partial charge in [0.05, 0.1) is 0 Å². The number of rotatable bonds is 4. The first-order chi connectivity index (χ1) is 12.6. The Hall–Kier alpha value is -3.42. The zero-order chi connectivity index (χ0) is 18.1. The van der Waals surface area contributed by atoms with Crippen LogP contribution in [0.2, 0.25) is 0 Å². The molecule has 2 aromatic heterocycles. The Balaban J connectivity index is 1.50. The average Bonchev–Trinajstić information content (AvgIpc) is 3.19. The summed E-state index contributed by atoms with van der Waals surface area (Å²) in [7, 11) is 0. The second kappa shape index (κ2) is 6.47. The molecule has 1 fully saturated rings. The van der Waals surface area contributed by atoms with Gasteiger partial charge < -0.3 is 10.2 Å². The minimum atomic E-state index is -0.368. The van der Waals surface area contributed by atoms with Gasteiger partial charge >= 0.3 is 5.69 Å². The predicted octanol–water partition coefficient (Wildman–Crippen LogP) is 1.26. The van der Waals surface area contributed by atoms with E-state index >= 15 is 0 Å². The summed E-state index contributed by atoms with van der Waals surface area (Å²) >= 11 is 0. The highest BCUT2D eigenvalue weighted by molar-refractivity contribution is 5.97. The summed E-state index contributed by atoms with van der Waals surface area (Å²) in [6.45, 7) is 0.500. The molecule has 8 heteroatoms. The monoisotopic (exact) mass is 351 g/mol. The maximum atomic E-state index is 12.3. The van der Waals surface area contributed by atoms with Crippen molar-refractivity contribution in [3.63, 3.8) is 0 Å². The van der Waals surface area contributed by atoms with Crippen molar-refractivity contribution < 1.29 is 9.59 Å². The van der Waals surface area contributed by atoms with Gasteiger partial charge in [-0.2, -0.15) is 0 Å². The fourth-order valence-electron chi connectivity index (χ4n) is 3.08. The molecule has 4 rings (SSSR count). The summed E-state index contributed by atoms with van der Waals surface area (Å²) in [6, 6.07) is 12.3. The highest BCUT2D eigenvalue weighted by atomic mass is 16.2. The normalized spacial score (nSPS) is 14.2. The third-order valence-corrected chi connectivity index (χ3v) is 4.30. The van der Waals surface area contributed by atoms with Crippen LogP contribution in [0.5, 0.6) is 0 Å². The second-order valence-corrected chi connectivity index (χ2v) is 6.12. The number of nitrogens with one attached hydrogen (secondary N) is 1. The van der Waals surface area contributed by atoms with Crippen LogP contribution >= 0.6 is 0 Å². The van der Waals surface area contributed by atoms with E-state index in [1.54, 1.807) is 47.5 Å². The zero-order valence-corrected chi connectivity index (χ0v) is 14.0. The molecule has 0 saturated carbocycles. The molecule has 0 bridgehead atoms. The number of hydrogen-bond acceptors (Lipinski definition) is 4. The molecule has 3 heterocycles. The van der Waals surface area contributed by atoms with Crippen LogP contribution in [-0.4, -0.2) is 32.5 Å². The molecule has 0 atom stereocenters. The summed E-state index contributed by atoms with van der Waals surface area (Å²) in [5.41, 5.74) is 1.45. The number of carbonyl (C=O) groups excluding carboxylic acids is 2. The number of benzene rings is 1. The number of pyridine rings is 1. The lowest BCUT2D eigenvalue weighted by molar-refractivity contribution is -0.117. The van der Waals surface area contributed by atoms with Gasteiger partial charge in [-0.1, -0.05) is 12.1 Å². The van der Waals surface area contributed by atoms with Crippen molar-refractivity contribution in [3.8, 4) is 0 Å². The number of fused-ring (bicyclic) bond motifs is 1. The van der Waals surface area contributed by atoms with E-state index in [2.05, 4.69) is 10.4 Å². The molecular formula is C18H17N5O3. The van der Waals surface area contributed by atoms with Gasteiger partial charge in [-0.15, -0.1) is 5.10 Å². The van der Waals surface area contributed by atoms with Crippen LogP contribution in [0.1, 0.15) is 12.8 Å². The van der Waals surface area contributed by atoms with Gasteiger partial charge in [-0.3, -0.25) is 14.0 Å². The van der Waals surface area contributed by atoms with Crippen molar-refractivity contribution in [2.75, 3.05) is 16.8 Å². The Morgan fingerprint density at radius 1 is 1.15 bits per heavy atom. The highest BCUT2D eigenvalue weighted by Crippen LogP contribution is 2.24. The Kier molecular flexibility index (Phi) is 4.00.